The van der Waals surface area contributed by atoms with Crippen molar-refractivity contribution in [2.75, 3.05) is 13.2 Å². The molecule has 0 aliphatic carbocycles. The van der Waals surface area contributed by atoms with Crippen LogP contribution in [0, 0.1) is 6.92 Å². The average molecular weight is 326 g/mol. The summed E-state index contributed by atoms with van der Waals surface area (Å²) in [7, 11) is 0. The number of aryl methyl sites for hydroxylation is 2. The van der Waals surface area contributed by atoms with E-state index >= 15 is 0 Å². The largest absolute Gasteiger partial charge is 0.491 e. The number of carbonyl (C=O) groups excluding carboxylic acids is 2. The topological polar surface area (TPSA) is 85.3 Å². The fourth-order valence-corrected chi connectivity index (χ4v) is 3.09. The molecule has 24 heavy (non-hydrogen) atoms. The van der Waals surface area contributed by atoms with Gasteiger partial charge in [0.15, 0.2) is 5.69 Å². The van der Waals surface area contributed by atoms with Gasteiger partial charge in [-0.1, -0.05) is 17.7 Å². The fourth-order valence-electron chi connectivity index (χ4n) is 3.09. The van der Waals surface area contributed by atoms with Gasteiger partial charge in [0, 0.05) is 24.7 Å². The van der Waals surface area contributed by atoms with Crippen LogP contribution in [0.3, 0.4) is 0 Å². The lowest BCUT2D eigenvalue weighted by Gasteiger charge is -2.11. The first-order valence-electron chi connectivity index (χ1n) is 8.02. The molecule has 1 unspecified atom stereocenters. The van der Waals surface area contributed by atoms with Gasteiger partial charge >= 0.3 is 0 Å². The van der Waals surface area contributed by atoms with Gasteiger partial charge < -0.3 is 15.4 Å². The van der Waals surface area contributed by atoms with Crippen LogP contribution < -0.4 is 15.4 Å². The van der Waals surface area contributed by atoms with Crippen molar-refractivity contribution in [3.8, 4) is 5.75 Å². The molecule has 1 aromatic carbocycles. The van der Waals surface area contributed by atoms with Crippen LogP contribution in [0.15, 0.2) is 24.3 Å². The lowest BCUT2D eigenvalue weighted by molar-refractivity contribution is 0.0923. The van der Waals surface area contributed by atoms with Crippen molar-refractivity contribution in [3.05, 3.63) is 46.8 Å². The normalized spacial score (nSPS) is 18.9. The molecule has 0 spiro atoms. The lowest BCUT2D eigenvalue weighted by Crippen LogP contribution is -2.30. The van der Waals surface area contributed by atoms with Gasteiger partial charge in [-0.15, -0.1) is 0 Å². The summed E-state index contributed by atoms with van der Waals surface area (Å²) in [6, 6.07) is 7.25. The molecule has 0 saturated carbocycles. The Kier molecular flexibility index (Phi) is 3.48. The molecular weight excluding hydrogens is 308 g/mol. The number of benzene rings is 1. The Hall–Kier alpha value is -2.83. The summed E-state index contributed by atoms with van der Waals surface area (Å²) < 4.78 is 7.21. The van der Waals surface area contributed by atoms with Gasteiger partial charge in [-0.2, -0.15) is 5.10 Å². The standard InChI is InChI=1S/C17H18N4O3/c1-10-3-4-15-11(7-10)13(9-24-15)19-16(22)12-8-14-17(23)18-5-2-6-21(14)20-12/h3-4,7-8,13H,2,5-6,9H2,1H3,(H,18,23)(H,19,22). The summed E-state index contributed by atoms with van der Waals surface area (Å²) in [6.45, 7) is 3.65. The quantitative estimate of drug-likeness (QED) is 0.868. The van der Waals surface area contributed by atoms with Crippen LogP contribution >= 0.6 is 0 Å². The highest BCUT2D eigenvalue weighted by Crippen LogP contribution is 2.33. The molecule has 0 radical (unpaired) electrons. The number of hydrogen-bond donors (Lipinski definition) is 2. The summed E-state index contributed by atoms with van der Waals surface area (Å²) in [5.74, 6) is 0.307. The van der Waals surface area contributed by atoms with Crippen molar-refractivity contribution in [2.24, 2.45) is 0 Å². The van der Waals surface area contributed by atoms with E-state index in [4.69, 9.17) is 4.74 Å². The van der Waals surface area contributed by atoms with Gasteiger partial charge in [0.25, 0.3) is 11.8 Å². The molecule has 3 heterocycles. The van der Waals surface area contributed by atoms with Crippen LogP contribution in [-0.4, -0.2) is 34.7 Å². The summed E-state index contributed by atoms with van der Waals surface area (Å²) in [6.07, 6.45) is 0.796. The minimum Gasteiger partial charge on any atom is -0.491 e. The van der Waals surface area contributed by atoms with E-state index in [-0.39, 0.29) is 23.6 Å². The Labute approximate surface area is 139 Å². The molecule has 0 bridgehead atoms. The zero-order valence-corrected chi connectivity index (χ0v) is 13.3. The monoisotopic (exact) mass is 326 g/mol. The fraction of sp³-hybridized carbons (Fsp3) is 0.353. The number of hydrogen-bond acceptors (Lipinski definition) is 4. The maximum absolute atomic E-state index is 12.5. The van der Waals surface area contributed by atoms with Crippen LogP contribution in [0.25, 0.3) is 0 Å². The maximum Gasteiger partial charge on any atom is 0.272 e. The van der Waals surface area contributed by atoms with Gasteiger partial charge in [0.1, 0.15) is 18.1 Å². The van der Waals surface area contributed by atoms with E-state index in [2.05, 4.69) is 15.7 Å². The first kappa shape index (κ1) is 14.7. The van der Waals surface area contributed by atoms with E-state index < -0.39 is 0 Å². The summed E-state index contributed by atoms with van der Waals surface area (Å²) in [5.41, 5.74) is 2.77. The van der Waals surface area contributed by atoms with Crippen molar-refractivity contribution in [3.63, 3.8) is 0 Å². The first-order valence-corrected chi connectivity index (χ1v) is 8.02. The number of aromatic nitrogens is 2. The second-order valence-electron chi connectivity index (χ2n) is 6.13. The molecule has 0 fully saturated rings. The molecule has 124 valence electrons. The Morgan fingerprint density at radius 2 is 2.29 bits per heavy atom. The Morgan fingerprint density at radius 1 is 1.42 bits per heavy atom. The second-order valence-corrected chi connectivity index (χ2v) is 6.13. The molecule has 2 aliphatic heterocycles. The van der Waals surface area contributed by atoms with Crippen molar-refractivity contribution in [1.29, 1.82) is 0 Å². The molecule has 0 saturated heterocycles. The minimum atomic E-state index is -0.300. The molecule has 1 atom stereocenters. The molecule has 2 aliphatic rings. The number of nitrogens with zero attached hydrogens (tertiary/aromatic N) is 2. The third kappa shape index (κ3) is 2.51. The number of amides is 2. The highest BCUT2D eigenvalue weighted by molar-refractivity contribution is 5.98. The van der Waals surface area contributed by atoms with Crippen molar-refractivity contribution < 1.29 is 14.3 Å². The van der Waals surface area contributed by atoms with Gasteiger partial charge in [-0.3, -0.25) is 14.3 Å². The zero-order chi connectivity index (χ0) is 16.7. The molecule has 2 amide bonds. The van der Waals surface area contributed by atoms with Crippen molar-refractivity contribution >= 4 is 11.8 Å². The first-order chi connectivity index (χ1) is 11.6. The Morgan fingerprint density at radius 3 is 3.17 bits per heavy atom. The van der Waals surface area contributed by atoms with Crippen molar-refractivity contribution in [2.45, 2.75) is 25.9 Å². The molecular formula is C17H18N4O3. The molecule has 2 aromatic rings. The van der Waals surface area contributed by atoms with E-state index in [1.54, 1.807) is 10.7 Å². The van der Waals surface area contributed by atoms with Crippen LogP contribution in [0.5, 0.6) is 5.75 Å². The van der Waals surface area contributed by atoms with Crippen LogP contribution in [-0.2, 0) is 6.54 Å². The Bertz CT molecular complexity index is 827. The van der Waals surface area contributed by atoms with Crippen molar-refractivity contribution in [1.82, 2.24) is 20.4 Å². The highest BCUT2D eigenvalue weighted by Gasteiger charge is 2.28. The number of carbonyl (C=O) groups is 2. The van der Waals surface area contributed by atoms with E-state index in [0.717, 1.165) is 23.3 Å². The number of rotatable bonds is 2. The third-order valence-electron chi connectivity index (χ3n) is 4.33. The second kappa shape index (κ2) is 5.67. The summed E-state index contributed by atoms with van der Waals surface area (Å²) in [4.78, 5) is 24.5. The minimum absolute atomic E-state index is 0.191. The van der Waals surface area contributed by atoms with E-state index in [0.29, 0.717) is 25.4 Å². The van der Waals surface area contributed by atoms with Gasteiger partial charge in [-0.25, -0.2) is 0 Å². The average Bonchev–Trinajstić information content (AvgIpc) is 3.12. The highest BCUT2D eigenvalue weighted by atomic mass is 16.5. The zero-order valence-electron chi connectivity index (χ0n) is 13.3. The summed E-state index contributed by atoms with van der Waals surface area (Å²) >= 11 is 0. The van der Waals surface area contributed by atoms with E-state index in [1.165, 1.54) is 0 Å². The van der Waals surface area contributed by atoms with Gasteiger partial charge in [0.05, 0.1) is 6.04 Å². The Balaban J connectivity index is 1.55. The third-order valence-corrected chi connectivity index (χ3v) is 4.33. The van der Waals surface area contributed by atoms with E-state index in [9.17, 15) is 9.59 Å². The number of ether oxygens (including phenoxy) is 1. The molecule has 1 aromatic heterocycles. The maximum atomic E-state index is 12.5. The van der Waals surface area contributed by atoms with Crippen LogP contribution in [0.2, 0.25) is 0 Å². The number of nitrogens with one attached hydrogen (secondary N) is 2. The molecule has 7 heteroatoms. The van der Waals surface area contributed by atoms with Crippen LogP contribution in [0.4, 0.5) is 0 Å². The van der Waals surface area contributed by atoms with E-state index in [1.807, 2.05) is 25.1 Å². The predicted octanol–water partition coefficient (Wildman–Crippen LogP) is 1.19. The molecule has 7 nitrogen and oxygen atoms in total. The van der Waals surface area contributed by atoms with Gasteiger partial charge in [0.2, 0.25) is 0 Å². The smallest absolute Gasteiger partial charge is 0.272 e. The number of fused-ring (bicyclic) bond motifs is 2. The predicted molar refractivity (Wildman–Crippen MR) is 86.1 cm³/mol. The lowest BCUT2D eigenvalue weighted by atomic mass is 10.1. The van der Waals surface area contributed by atoms with Crippen LogP contribution in [0.1, 0.15) is 44.6 Å². The molecule has 2 N–H and O–H groups in total. The summed E-state index contributed by atoms with van der Waals surface area (Å²) in [5, 5.41) is 10.0. The molecule has 4 rings (SSSR count). The van der Waals surface area contributed by atoms with Gasteiger partial charge in [-0.05, 0) is 19.4 Å². The SMILES string of the molecule is Cc1ccc2c(c1)C(NC(=O)c1cc3n(n1)CCCNC3=O)CO2.